The van der Waals surface area contributed by atoms with Crippen LogP contribution in [0.3, 0.4) is 0 Å². The third kappa shape index (κ3) is 3.51. The van der Waals surface area contributed by atoms with Gasteiger partial charge in [-0.2, -0.15) is 5.01 Å². The van der Waals surface area contributed by atoms with Gasteiger partial charge >= 0.3 is 6.09 Å². The van der Waals surface area contributed by atoms with Crippen LogP contribution in [0.2, 0.25) is 0 Å². The largest absolute Gasteiger partial charge is 0.445 e. The highest BCUT2D eigenvalue weighted by atomic mass is 16.6. The summed E-state index contributed by atoms with van der Waals surface area (Å²) in [4.78, 5) is 36.8. The van der Waals surface area contributed by atoms with E-state index in [2.05, 4.69) is 10.7 Å². The first kappa shape index (κ1) is 17.4. The van der Waals surface area contributed by atoms with Crippen molar-refractivity contribution in [3.8, 4) is 0 Å². The van der Waals surface area contributed by atoms with Gasteiger partial charge in [-0.15, -0.1) is 0 Å². The molecule has 1 aromatic rings. The average Bonchev–Trinajstić information content (AvgIpc) is 2.69. The molecule has 0 spiro atoms. The van der Waals surface area contributed by atoms with Crippen LogP contribution in [0.15, 0.2) is 24.3 Å². The number of hydrogen-bond acceptors (Lipinski definition) is 5. The zero-order valence-corrected chi connectivity index (χ0v) is 14.9. The Morgan fingerprint density at radius 1 is 1.08 bits per heavy atom. The van der Waals surface area contributed by atoms with E-state index in [1.165, 1.54) is 0 Å². The summed E-state index contributed by atoms with van der Waals surface area (Å²) in [7, 11) is 0. The molecule has 25 heavy (non-hydrogen) atoms. The van der Waals surface area contributed by atoms with E-state index in [9.17, 15) is 14.4 Å². The zero-order chi connectivity index (χ0) is 18.4. The van der Waals surface area contributed by atoms with Crippen LogP contribution in [0.1, 0.15) is 61.3 Å². The van der Waals surface area contributed by atoms with Crippen molar-refractivity contribution < 1.29 is 19.1 Å². The highest BCUT2D eigenvalue weighted by molar-refractivity contribution is 6.21. The normalized spacial score (nSPS) is 21.8. The van der Waals surface area contributed by atoms with E-state index >= 15 is 0 Å². The highest BCUT2D eigenvalue weighted by Crippen LogP contribution is 2.30. The van der Waals surface area contributed by atoms with E-state index in [1.54, 1.807) is 24.3 Å². The topological polar surface area (TPSA) is 87.7 Å². The lowest BCUT2D eigenvalue weighted by Gasteiger charge is -2.45. The molecule has 2 aliphatic heterocycles. The number of carbonyl (C=O) groups excluding carboxylic acids is 3. The molecule has 1 fully saturated rings. The first-order valence-electron chi connectivity index (χ1n) is 8.32. The molecule has 0 unspecified atom stereocenters. The molecule has 1 aromatic carbocycles. The fraction of sp³-hybridized carbons (Fsp3) is 0.500. The lowest BCUT2D eigenvalue weighted by molar-refractivity contribution is 0.00935. The number of hydrazine groups is 1. The Bertz CT molecular complexity index is 691. The number of imide groups is 1. The predicted octanol–water partition coefficient (Wildman–Crippen LogP) is 2.23. The first-order valence-corrected chi connectivity index (χ1v) is 8.32. The molecule has 3 rings (SSSR count). The van der Waals surface area contributed by atoms with Crippen molar-refractivity contribution >= 4 is 17.9 Å². The number of amides is 3. The molecule has 2 aliphatic rings. The van der Waals surface area contributed by atoms with Gasteiger partial charge in [0.15, 0.2) is 0 Å². The van der Waals surface area contributed by atoms with Crippen molar-refractivity contribution in [3.63, 3.8) is 0 Å². The number of piperidine rings is 1. The minimum atomic E-state index is -0.798. The maximum atomic E-state index is 12.3. The monoisotopic (exact) mass is 345 g/mol. The quantitative estimate of drug-likeness (QED) is 0.803. The molecule has 2 heterocycles. The maximum absolute atomic E-state index is 12.3. The van der Waals surface area contributed by atoms with Gasteiger partial charge < -0.3 is 10.1 Å². The molecule has 0 radical (unpaired) electrons. The number of benzene rings is 1. The molecule has 7 nitrogen and oxygen atoms in total. The van der Waals surface area contributed by atoms with E-state index in [0.29, 0.717) is 17.9 Å². The Hall–Kier alpha value is -2.41. The van der Waals surface area contributed by atoms with E-state index in [4.69, 9.17) is 4.74 Å². The van der Waals surface area contributed by atoms with E-state index in [0.717, 1.165) is 0 Å². The number of carbonyl (C=O) groups is 3. The van der Waals surface area contributed by atoms with Gasteiger partial charge in [0.1, 0.15) is 6.10 Å². The molecule has 0 saturated carbocycles. The summed E-state index contributed by atoms with van der Waals surface area (Å²) < 4.78 is 5.48. The Kier molecular flexibility index (Phi) is 4.07. The van der Waals surface area contributed by atoms with Crippen molar-refractivity contribution in [3.05, 3.63) is 35.4 Å². The fourth-order valence-corrected chi connectivity index (χ4v) is 3.87. The van der Waals surface area contributed by atoms with Gasteiger partial charge in [-0.05, 0) is 39.8 Å². The van der Waals surface area contributed by atoms with Crippen LogP contribution in [-0.2, 0) is 4.74 Å². The summed E-state index contributed by atoms with van der Waals surface area (Å²) in [5, 5.41) is 4.22. The van der Waals surface area contributed by atoms with E-state index in [-0.39, 0.29) is 28.3 Å². The van der Waals surface area contributed by atoms with Crippen molar-refractivity contribution in [2.45, 2.75) is 57.7 Å². The summed E-state index contributed by atoms with van der Waals surface area (Å²) in [6.07, 6.45) is 0.187. The van der Waals surface area contributed by atoms with Gasteiger partial charge in [-0.3, -0.25) is 9.59 Å². The Morgan fingerprint density at radius 3 is 2.04 bits per heavy atom. The second-order valence-corrected chi connectivity index (χ2v) is 7.93. The number of ether oxygens (including phenoxy) is 1. The van der Waals surface area contributed by atoms with Gasteiger partial charge in [-0.1, -0.05) is 12.1 Å². The smallest absolute Gasteiger partial charge is 0.426 e. The molecule has 7 heteroatoms. The van der Waals surface area contributed by atoms with Crippen molar-refractivity contribution in [1.82, 2.24) is 15.8 Å². The van der Waals surface area contributed by atoms with Crippen LogP contribution in [-0.4, -0.2) is 40.1 Å². The maximum Gasteiger partial charge on any atom is 0.426 e. The van der Waals surface area contributed by atoms with E-state index < -0.39 is 17.9 Å². The zero-order valence-electron chi connectivity index (χ0n) is 14.9. The highest BCUT2D eigenvalue weighted by Gasteiger charge is 2.41. The van der Waals surface area contributed by atoms with Crippen molar-refractivity contribution in [2.75, 3.05) is 0 Å². The summed E-state index contributed by atoms with van der Waals surface area (Å²) >= 11 is 0. The Balaban J connectivity index is 1.66. The van der Waals surface area contributed by atoms with Crippen molar-refractivity contribution in [2.24, 2.45) is 0 Å². The third-order valence-corrected chi connectivity index (χ3v) is 4.42. The fourth-order valence-electron chi connectivity index (χ4n) is 3.87. The molecular weight excluding hydrogens is 322 g/mol. The van der Waals surface area contributed by atoms with Crippen LogP contribution in [0.5, 0.6) is 0 Å². The summed E-state index contributed by atoms with van der Waals surface area (Å²) in [6.45, 7) is 8.19. The standard InChI is InChI=1S/C18H23N3O4/c1-17(2)9-11(10-18(3,4)20-17)25-16(24)19-21-14(22)12-7-5-6-8-13(12)15(21)23/h5-8,11,20H,9-10H2,1-4H3,(H,19,24). The molecular formula is C18H23N3O4. The van der Waals surface area contributed by atoms with Gasteiger partial charge in [0, 0.05) is 23.9 Å². The summed E-state index contributed by atoms with van der Waals surface area (Å²) in [6, 6.07) is 6.46. The van der Waals surface area contributed by atoms with Crippen LogP contribution in [0, 0.1) is 0 Å². The first-order chi connectivity index (χ1) is 11.6. The average molecular weight is 345 g/mol. The molecule has 0 bridgehead atoms. The van der Waals surface area contributed by atoms with Crippen LogP contribution < -0.4 is 10.7 Å². The van der Waals surface area contributed by atoms with Gasteiger partial charge in [0.25, 0.3) is 11.8 Å². The SMILES string of the molecule is CC1(C)CC(OC(=O)NN2C(=O)c3ccccc3C2=O)CC(C)(C)N1. The van der Waals surface area contributed by atoms with Gasteiger partial charge in [-0.25, -0.2) is 10.2 Å². The number of nitrogens with one attached hydrogen (secondary N) is 2. The molecule has 1 saturated heterocycles. The lowest BCUT2D eigenvalue weighted by Crippen LogP contribution is -2.60. The van der Waals surface area contributed by atoms with Crippen LogP contribution in [0.25, 0.3) is 0 Å². The summed E-state index contributed by atoms with van der Waals surface area (Å²) in [5.41, 5.74) is 2.47. The van der Waals surface area contributed by atoms with Crippen LogP contribution >= 0.6 is 0 Å². The number of nitrogens with zero attached hydrogens (tertiary/aromatic N) is 1. The molecule has 2 N–H and O–H groups in total. The predicted molar refractivity (Wildman–Crippen MR) is 90.9 cm³/mol. The Labute approximate surface area is 146 Å². The van der Waals surface area contributed by atoms with Crippen LogP contribution in [0.4, 0.5) is 4.79 Å². The second-order valence-electron chi connectivity index (χ2n) is 7.93. The second kappa shape index (κ2) is 5.84. The Morgan fingerprint density at radius 2 is 1.56 bits per heavy atom. The number of rotatable bonds is 2. The molecule has 0 aliphatic carbocycles. The van der Waals surface area contributed by atoms with Gasteiger partial charge in [0.05, 0.1) is 11.1 Å². The molecule has 0 aromatic heterocycles. The van der Waals surface area contributed by atoms with Crippen molar-refractivity contribution in [1.29, 1.82) is 0 Å². The summed E-state index contributed by atoms with van der Waals surface area (Å²) in [5.74, 6) is -1.10. The number of fused-ring (bicyclic) bond motifs is 1. The minimum absolute atomic E-state index is 0.178. The third-order valence-electron chi connectivity index (χ3n) is 4.42. The lowest BCUT2D eigenvalue weighted by atomic mass is 9.81. The molecule has 134 valence electrons. The van der Waals surface area contributed by atoms with E-state index in [1.807, 2.05) is 27.7 Å². The minimum Gasteiger partial charge on any atom is -0.445 e. The van der Waals surface area contributed by atoms with Gasteiger partial charge in [0.2, 0.25) is 0 Å². The molecule has 3 amide bonds. The number of hydrogen-bond donors (Lipinski definition) is 2. The molecule has 0 atom stereocenters.